The third-order valence-corrected chi connectivity index (χ3v) is 7.04. The summed E-state index contributed by atoms with van der Waals surface area (Å²) in [6.07, 6.45) is 2.45. The second kappa shape index (κ2) is 4.99. The van der Waals surface area contributed by atoms with E-state index in [9.17, 15) is 4.79 Å². The van der Waals surface area contributed by atoms with Gasteiger partial charge in [-0.05, 0) is 0 Å². The predicted molar refractivity (Wildman–Crippen MR) is 62.7 cm³/mol. The Morgan fingerprint density at radius 3 is 2.77 bits per heavy atom. The van der Waals surface area contributed by atoms with Gasteiger partial charge in [-0.1, -0.05) is 0 Å². The van der Waals surface area contributed by atoms with Crippen LogP contribution in [0.4, 0.5) is 4.79 Å². The number of halogens is 1. The van der Waals surface area contributed by atoms with E-state index in [1.54, 1.807) is 4.90 Å². The zero-order valence-electron chi connectivity index (χ0n) is 8.29. The molecule has 78 valence electrons. The summed E-state index contributed by atoms with van der Waals surface area (Å²) in [5, 5.41) is 0. The van der Waals surface area contributed by atoms with E-state index in [4.69, 9.17) is 5.73 Å². The van der Waals surface area contributed by atoms with E-state index in [0.717, 1.165) is 17.8 Å². The molecule has 1 aliphatic heterocycles. The fourth-order valence-corrected chi connectivity index (χ4v) is 5.50. The molecule has 0 unspecified atom stereocenters. The molecule has 1 aliphatic rings. The van der Waals surface area contributed by atoms with Crippen molar-refractivity contribution in [3.8, 4) is 0 Å². The van der Waals surface area contributed by atoms with E-state index in [1.165, 1.54) is 12.8 Å². The van der Waals surface area contributed by atoms with Gasteiger partial charge in [0.15, 0.2) is 0 Å². The van der Waals surface area contributed by atoms with Crippen LogP contribution < -0.4 is 5.73 Å². The zero-order valence-corrected chi connectivity index (χ0v) is 10.5. The van der Waals surface area contributed by atoms with Gasteiger partial charge in [0.05, 0.1) is 0 Å². The van der Waals surface area contributed by atoms with Gasteiger partial charge in [-0.25, -0.2) is 0 Å². The number of rotatable bonds is 3. The number of nitrogens with two attached hydrogens (primary N) is 1. The molecule has 1 saturated heterocycles. The van der Waals surface area contributed by atoms with E-state index in [2.05, 4.69) is 15.0 Å². The monoisotopic (exact) mass is 299 g/mol. The van der Waals surface area contributed by atoms with Gasteiger partial charge in [0.1, 0.15) is 0 Å². The Morgan fingerprint density at radius 1 is 1.62 bits per heavy atom. The van der Waals surface area contributed by atoms with Crippen LogP contribution in [-0.2, 0) is 0 Å². The Balaban J connectivity index is 2.37. The van der Waals surface area contributed by atoms with E-state index in [-0.39, 0.29) is 6.03 Å². The Morgan fingerprint density at radius 2 is 2.31 bits per heavy atom. The van der Waals surface area contributed by atoms with Gasteiger partial charge < -0.3 is 0 Å². The van der Waals surface area contributed by atoms with Crippen LogP contribution >= 0.6 is 20.1 Å². The summed E-state index contributed by atoms with van der Waals surface area (Å²) in [5.41, 5.74) is 5.24. The van der Waals surface area contributed by atoms with Gasteiger partial charge in [-0.3, -0.25) is 0 Å². The maximum atomic E-state index is 10.9. The van der Waals surface area contributed by atoms with Gasteiger partial charge in [-0.15, -0.1) is 0 Å². The third-order valence-electron chi connectivity index (χ3n) is 2.12. The molecule has 0 radical (unpaired) electrons. The van der Waals surface area contributed by atoms with E-state index in [1.807, 2.05) is 0 Å². The summed E-state index contributed by atoms with van der Waals surface area (Å²) in [7, 11) is 0. The van der Waals surface area contributed by atoms with Crippen molar-refractivity contribution in [1.82, 2.24) is 8.01 Å². The van der Waals surface area contributed by atoms with Crippen molar-refractivity contribution in [2.45, 2.75) is 19.8 Å². The normalized spacial score (nSPS) is 21.1. The van der Waals surface area contributed by atoms with Gasteiger partial charge in [0.2, 0.25) is 0 Å². The van der Waals surface area contributed by atoms with Gasteiger partial charge >= 0.3 is 87.1 Å². The first-order valence-electron chi connectivity index (χ1n) is 4.50. The van der Waals surface area contributed by atoms with Crippen LogP contribution in [0.15, 0.2) is 0 Å². The van der Waals surface area contributed by atoms with Crippen LogP contribution in [0, 0.1) is 0 Å². The summed E-state index contributed by atoms with van der Waals surface area (Å²) in [5.74, 6) is 0. The topological polar surface area (TPSA) is 49.6 Å². The van der Waals surface area contributed by atoms with Crippen molar-refractivity contribution in [2.75, 3.05) is 22.7 Å². The zero-order chi connectivity index (χ0) is 9.84. The third kappa shape index (κ3) is 2.98. The van der Waals surface area contributed by atoms with Crippen LogP contribution in [0.2, 0.25) is 0 Å². The minimum absolute atomic E-state index is 0.261. The molecule has 0 atom stereocenters. The molecule has 2 N–H and O–H groups in total. The van der Waals surface area contributed by atoms with Crippen LogP contribution in [0.3, 0.4) is 0 Å². The molecule has 4 nitrogen and oxygen atoms in total. The van der Waals surface area contributed by atoms with Crippen molar-refractivity contribution < 1.29 is 4.79 Å². The summed E-state index contributed by atoms with van der Waals surface area (Å²) in [4.78, 5) is 15.0. The second-order valence-electron chi connectivity index (χ2n) is 3.23. The average Bonchev–Trinajstić information content (AvgIpc) is 2.44. The Bertz CT molecular complexity index is 188. The van der Waals surface area contributed by atoms with Crippen molar-refractivity contribution in [3.63, 3.8) is 0 Å². The molecular formula is C8H18IN3O. The number of hydrogen-bond acceptors (Lipinski definition) is 2. The molecule has 1 heterocycles. The first kappa shape index (κ1) is 11.0. The number of carbonyl (C=O) groups excluding carboxylic acids is 1. The van der Waals surface area contributed by atoms with E-state index >= 15 is 0 Å². The SMILES string of the molecule is CCCCN1CN(C(N)=O)CI1C. The van der Waals surface area contributed by atoms with Crippen LogP contribution in [0.25, 0.3) is 0 Å². The molecule has 1 rings (SSSR count). The molecule has 0 bridgehead atoms. The standard InChI is InChI=1S/C8H18IN3O/c1-3-4-5-12-7-11(8(10)13)6-9(12)2/h3-7H2,1-2H3,(H2,10,13). The minimum atomic E-state index is -1.02. The number of unbranched alkanes of at least 4 members (excludes halogenated alkanes) is 1. The van der Waals surface area contributed by atoms with Crippen molar-refractivity contribution >= 4 is 26.1 Å². The Labute approximate surface area is 87.2 Å². The van der Waals surface area contributed by atoms with Crippen molar-refractivity contribution in [2.24, 2.45) is 5.73 Å². The summed E-state index contributed by atoms with van der Waals surface area (Å²) >= 11 is -1.02. The predicted octanol–water partition coefficient (Wildman–Crippen LogP) is 1.45. The number of alkyl halides is 2. The molecule has 1 fully saturated rings. The summed E-state index contributed by atoms with van der Waals surface area (Å²) in [6, 6.07) is -0.261. The summed E-state index contributed by atoms with van der Waals surface area (Å²) < 4.78 is 3.39. The molecule has 13 heavy (non-hydrogen) atoms. The molecule has 0 saturated carbocycles. The molecule has 0 aromatic heterocycles. The average molecular weight is 299 g/mol. The van der Waals surface area contributed by atoms with Crippen molar-refractivity contribution in [3.05, 3.63) is 0 Å². The first-order valence-corrected chi connectivity index (χ1v) is 9.15. The first-order chi connectivity index (χ1) is 6.15. The van der Waals surface area contributed by atoms with Crippen LogP contribution in [0.1, 0.15) is 19.8 Å². The van der Waals surface area contributed by atoms with Gasteiger partial charge in [0, 0.05) is 0 Å². The molecule has 5 heteroatoms. The second-order valence-corrected chi connectivity index (χ2v) is 8.45. The molecule has 0 aliphatic carbocycles. The quantitative estimate of drug-likeness (QED) is 0.371. The number of nitrogens with zero attached hydrogens (tertiary/aromatic N) is 2. The Hall–Kier alpha value is -0.0400. The molecular weight excluding hydrogens is 281 g/mol. The Kier molecular flexibility index (Phi) is 4.24. The number of primary amides is 1. The van der Waals surface area contributed by atoms with Crippen molar-refractivity contribution in [1.29, 1.82) is 0 Å². The van der Waals surface area contributed by atoms with Crippen LogP contribution in [-0.4, -0.2) is 36.7 Å². The maximum absolute atomic E-state index is 10.9. The van der Waals surface area contributed by atoms with Gasteiger partial charge in [-0.2, -0.15) is 0 Å². The van der Waals surface area contributed by atoms with E-state index < -0.39 is 20.1 Å². The van der Waals surface area contributed by atoms with E-state index in [0.29, 0.717) is 0 Å². The molecule has 0 aromatic carbocycles. The number of amides is 2. The number of hydrogen-bond donors (Lipinski definition) is 1. The van der Waals surface area contributed by atoms with Crippen LogP contribution in [0.5, 0.6) is 0 Å². The molecule has 2 amide bonds. The fraction of sp³-hybridized carbons (Fsp3) is 0.875. The van der Waals surface area contributed by atoms with Gasteiger partial charge in [0.25, 0.3) is 0 Å². The fourth-order valence-electron chi connectivity index (χ4n) is 1.27. The molecule has 0 aromatic rings. The number of urea groups is 1. The summed E-state index contributed by atoms with van der Waals surface area (Å²) in [6.45, 7) is 4.11. The molecule has 0 spiro atoms. The number of carbonyl (C=O) groups is 1.